The zero-order valence-electron chi connectivity index (χ0n) is 19.4. The molecular formula is C24H34O7. The van der Waals surface area contributed by atoms with Crippen LogP contribution in [0.25, 0.3) is 0 Å². The van der Waals surface area contributed by atoms with Gasteiger partial charge in [0, 0.05) is 38.5 Å². The maximum atomic E-state index is 13.6. The van der Waals surface area contributed by atoms with Gasteiger partial charge in [0.05, 0.1) is 29.3 Å². The van der Waals surface area contributed by atoms with Gasteiger partial charge in [-0.25, -0.2) is 0 Å². The number of ether oxygens (including phenoxy) is 4. The van der Waals surface area contributed by atoms with Crippen molar-refractivity contribution in [1.82, 2.24) is 0 Å². The van der Waals surface area contributed by atoms with Crippen molar-refractivity contribution in [2.75, 3.05) is 6.61 Å². The molecule has 0 amide bonds. The molecule has 4 rings (SSSR count). The molecule has 2 heterocycles. The Morgan fingerprint density at radius 1 is 1.10 bits per heavy atom. The van der Waals surface area contributed by atoms with Crippen LogP contribution >= 0.6 is 0 Å². The Morgan fingerprint density at radius 3 is 2.32 bits per heavy atom. The van der Waals surface area contributed by atoms with E-state index in [1.165, 1.54) is 13.8 Å². The summed E-state index contributed by atoms with van der Waals surface area (Å²) in [6.07, 6.45) is 3.16. The molecule has 7 heteroatoms. The van der Waals surface area contributed by atoms with Crippen molar-refractivity contribution >= 4 is 17.7 Å². The highest BCUT2D eigenvalue weighted by atomic mass is 16.6. The van der Waals surface area contributed by atoms with Crippen LogP contribution in [0.3, 0.4) is 0 Å². The minimum atomic E-state index is -1.03. The number of rotatable bonds is 3. The summed E-state index contributed by atoms with van der Waals surface area (Å²) in [5.74, 6) is -1.30. The number of fused-ring (bicyclic) bond motifs is 2. The lowest BCUT2D eigenvalue weighted by Gasteiger charge is -2.42. The Labute approximate surface area is 183 Å². The summed E-state index contributed by atoms with van der Waals surface area (Å²) < 4.78 is 23.5. The van der Waals surface area contributed by atoms with Crippen molar-refractivity contribution in [3.05, 3.63) is 11.6 Å². The zero-order valence-corrected chi connectivity index (χ0v) is 19.4. The predicted octanol–water partition coefficient (Wildman–Crippen LogP) is 3.14. The molecule has 7 nitrogen and oxygen atoms in total. The highest BCUT2D eigenvalue weighted by Gasteiger charge is 2.68. The van der Waals surface area contributed by atoms with Crippen molar-refractivity contribution in [1.29, 1.82) is 0 Å². The van der Waals surface area contributed by atoms with Crippen LogP contribution in [0.1, 0.15) is 67.2 Å². The second-order valence-electron chi connectivity index (χ2n) is 10.5. The van der Waals surface area contributed by atoms with Gasteiger partial charge in [0.25, 0.3) is 0 Å². The Bertz CT molecular complexity index is 828. The van der Waals surface area contributed by atoms with Crippen LogP contribution < -0.4 is 0 Å². The van der Waals surface area contributed by atoms with E-state index >= 15 is 0 Å². The van der Waals surface area contributed by atoms with Gasteiger partial charge in [-0.15, -0.1) is 0 Å². The third-order valence-corrected chi connectivity index (χ3v) is 8.00. The highest BCUT2D eigenvalue weighted by Crippen LogP contribution is 2.59. The first-order valence-electron chi connectivity index (χ1n) is 11.3. The Morgan fingerprint density at radius 2 is 1.74 bits per heavy atom. The van der Waals surface area contributed by atoms with Crippen LogP contribution in [0.4, 0.5) is 0 Å². The number of esters is 2. The standard InChI is InChI=1S/C24H34O7/c1-13-7-8-19-22(4,31-19)11-17(29-14(2)25)21-16(23(5)12-28-23)10-18(27)24(21,6)20(9-13)30-15(3)26/h9,16-17,19-21H,7-8,10-12H2,1-6H3/b13-9+/t16-,17?,19-,20-,21?,22+,23+,24-/m1/s1. The summed E-state index contributed by atoms with van der Waals surface area (Å²) in [6.45, 7) is 11.2. The fraction of sp³-hybridized carbons (Fsp3) is 0.792. The minimum Gasteiger partial charge on any atom is -0.462 e. The number of allylic oxidation sites excluding steroid dienone is 1. The number of carbonyl (C=O) groups is 3. The molecule has 2 aliphatic heterocycles. The molecule has 2 unspecified atom stereocenters. The van der Waals surface area contributed by atoms with Crippen molar-refractivity contribution < 1.29 is 33.3 Å². The predicted molar refractivity (Wildman–Crippen MR) is 111 cm³/mol. The second-order valence-corrected chi connectivity index (χ2v) is 10.5. The van der Waals surface area contributed by atoms with Crippen LogP contribution in [0.15, 0.2) is 11.6 Å². The molecule has 0 aromatic rings. The number of epoxide rings is 2. The molecule has 2 saturated heterocycles. The maximum absolute atomic E-state index is 13.6. The first-order valence-corrected chi connectivity index (χ1v) is 11.3. The quantitative estimate of drug-likeness (QED) is 0.383. The number of hydrogen-bond acceptors (Lipinski definition) is 7. The SMILES string of the molecule is CC(=O)OC1C[C@]2(C)O[C@@H]2CC/C(C)=C/[C@@H](OC(C)=O)[C@@]2(C)C(=O)C[C@@H]([C@]3(C)CO3)C12. The van der Waals surface area contributed by atoms with Gasteiger partial charge < -0.3 is 18.9 Å². The van der Waals surface area contributed by atoms with Crippen LogP contribution in [-0.2, 0) is 33.3 Å². The molecule has 0 N–H and O–H groups in total. The molecule has 0 bridgehead atoms. The molecule has 0 aromatic heterocycles. The third-order valence-electron chi connectivity index (χ3n) is 8.00. The van der Waals surface area contributed by atoms with Gasteiger partial charge in [0.1, 0.15) is 18.0 Å². The van der Waals surface area contributed by atoms with E-state index < -0.39 is 40.8 Å². The van der Waals surface area contributed by atoms with Gasteiger partial charge in [-0.05, 0) is 46.6 Å². The normalized spacial score (nSPS) is 48.4. The summed E-state index contributed by atoms with van der Waals surface area (Å²) in [5, 5.41) is 0. The molecule has 8 atom stereocenters. The third kappa shape index (κ3) is 3.95. The van der Waals surface area contributed by atoms with Gasteiger partial charge in [0.2, 0.25) is 0 Å². The Balaban J connectivity index is 1.85. The average molecular weight is 435 g/mol. The molecule has 1 saturated carbocycles. The summed E-state index contributed by atoms with van der Waals surface area (Å²) >= 11 is 0. The van der Waals surface area contributed by atoms with Crippen LogP contribution in [-0.4, -0.2) is 53.8 Å². The van der Waals surface area contributed by atoms with Crippen LogP contribution in [0, 0.1) is 17.3 Å². The maximum Gasteiger partial charge on any atom is 0.303 e. The monoisotopic (exact) mass is 434 g/mol. The lowest BCUT2D eigenvalue weighted by Crippen LogP contribution is -2.51. The van der Waals surface area contributed by atoms with E-state index in [1.54, 1.807) is 0 Å². The Kier molecular flexibility index (Phi) is 5.37. The number of ketones is 1. The summed E-state index contributed by atoms with van der Waals surface area (Å²) in [4.78, 5) is 37.8. The molecule has 2 aliphatic carbocycles. The summed E-state index contributed by atoms with van der Waals surface area (Å²) in [6, 6.07) is 0. The van der Waals surface area contributed by atoms with E-state index in [0.717, 1.165) is 18.4 Å². The first-order chi connectivity index (χ1) is 14.4. The summed E-state index contributed by atoms with van der Waals surface area (Å²) in [7, 11) is 0. The molecule has 0 aromatic carbocycles. The van der Waals surface area contributed by atoms with E-state index in [2.05, 4.69) is 0 Å². The van der Waals surface area contributed by atoms with E-state index in [-0.39, 0.29) is 23.7 Å². The molecule has 0 radical (unpaired) electrons. The van der Waals surface area contributed by atoms with Gasteiger partial charge in [0.15, 0.2) is 0 Å². The topological polar surface area (TPSA) is 94.7 Å². The molecule has 3 fully saturated rings. The summed E-state index contributed by atoms with van der Waals surface area (Å²) in [5.41, 5.74) is -0.817. The molecule has 31 heavy (non-hydrogen) atoms. The van der Waals surface area contributed by atoms with Crippen LogP contribution in [0.5, 0.6) is 0 Å². The van der Waals surface area contributed by atoms with Gasteiger partial charge in [-0.1, -0.05) is 5.57 Å². The molecular weight excluding hydrogens is 400 g/mol. The minimum absolute atomic E-state index is 0.0179. The number of Topliss-reactive ketones (excluding diaryl/α,β-unsaturated/α-hetero) is 1. The van der Waals surface area contributed by atoms with E-state index in [4.69, 9.17) is 18.9 Å². The fourth-order valence-corrected chi connectivity index (χ4v) is 5.97. The smallest absolute Gasteiger partial charge is 0.303 e. The van der Waals surface area contributed by atoms with E-state index in [1.807, 2.05) is 33.8 Å². The lowest BCUT2D eigenvalue weighted by atomic mass is 9.66. The van der Waals surface area contributed by atoms with Crippen molar-refractivity contribution in [3.63, 3.8) is 0 Å². The zero-order chi connectivity index (χ0) is 22.8. The van der Waals surface area contributed by atoms with Gasteiger partial charge >= 0.3 is 11.9 Å². The largest absolute Gasteiger partial charge is 0.462 e. The van der Waals surface area contributed by atoms with Crippen molar-refractivity contribution in [2.24, 2.45) is 17.3 Å². The molecule has 4 aliphatic rings. The second kappa shape index (κ2) is 7.41. The Hall–Kier alpha value is -1.73. The lowest BCUT2D eigenvalue weighted by molar-refractivity contribution is -0.167. The molecule has 0 spiro atoms. The molecule has 172 valence electrons. The first kappa shape index (κ1) is 22.5. The fourth-order valence-electron chi connectivity index (χ4n) is 5.97. The number of hydrogen-bond donors (Lipinski definition) is 0. The highest BCUT2D eigenvalue weighted by molar-refractivity contribution is 5.89. The van der Waals surface area contributed by atoms with Gasteiger partial charge in [-0.3, -0.25) is 14.4 Å². The van der Waals surface area contributed by atoms with E-state index in [9.17, 15) is 14.4 Å². The average Bonchev–Trinajstić information content (AvgIpc) is 3.51. The van der Waals surface area contributed by atoms with E-state index in [0.29, 0.717) is 19.4 Å². The van der Waals surface area contributed by atoms with Gasteiger partial charge in [-0.2, -0.15) is 0 Å². The van der Waals surface area contributed by atoms with Crippen LogP contribution in [0.2, 0.25) is 0 Å². The number of carbonyl (C=O) groups excluding carboxylic acids is 3. The van der Waals surface area contributed by atoms with Crippen molar-refractivity contribution in [2.45, 2.75) is 96.7 Å². The van der Waals surface area contributed by atoms with Crippen molar-refractivity contribution in [3.8, 4) is 0 Å².